The van der Waals surface area contributed by atoms with Gasteiger partial charge in [0.15, 0.2) is 0 Å². The molecule has 2 amide bonds. The van der Waals surface area contributed by atoms with Gasteiger partial charge >= 0.3 is 0 Å². The van der Waals surface area contributed by atoms with Crippen molar-refractivity contribution in [1.82, 2.24) is 20.6 Å². The van der Waals surface area contributed by atoms with Gasteiger partial charge in [-0.25, -0.2) is 9.97 Å². The van der Waals surface area contributed by atoms with E-state index in [4.69, 9.17) is 4.74 Å². The number of ether oxygens (including phenoxy) is 1. The first-order chi connectivity index (χ1) is 10.2. The Hall–Kier alpha value is -2.22. The van der Waals surface area contributed by atoms with Crippen LogP contribution in [0.3, 0.4) is 0 Å². The maximum atomic E-state index is 11.8. The van der Waals surface area contributed by atoms with Crippen molar-refractivity contribution in [3.8, 4) is 0 Å². The van der Waals surface area contributed by atoms with Crippen LogP contribution in [0.2, 0.25) is 0 Å². The van der Waals surface area contributed by atoms with Gasteiger partial charge in [-0.1, -0.05) is 0 Å². The average Bonchev–Trinajstić information content (AvgIpc) is 2.48. The lowest BCUT2D eigenvalue weighted by Gasteiger charge is -2.06. The number of aromatic nitrogens is 2. The van der Waals surface area contributed by atoms with Gasteiger partial charge in [-0.2, -0.15) is 0 Å². The summed E-state index contributed by atoms with van der Waals surface area (Å²) in [5, 5.41) is 8.27. The molecule has 0 saturated heterocycles. The molecule has 1 heterocycles. The second kappa shape index (κ2) is 9.65. The van der Waals surface area contributed by atoms with E-state index in [-0.39, 0.29) is 30.5 Å². The number of methoxy groups -OCH3 is 1. The van der Waals surface area contributed by atoms with Gasteiger partial charge in [0, 0.05) is 33.2 Å². The van der Waals surface area contributed by atoms with Crippen LogP contribution in [0.1, 0.15) is 23.8 Å². The number of carbonyl (C=O) groups is 2. The summed E-state index contributed by atoms with van der Waals surface area (Å²) in [5.41, 5.74) is 0.219. The van der Waals surface area contributed by atoms with Crippen LogP contribution in [0.4, 0.5) is 5.82 Å². The molecule has 8 nitrogen and oxygen atoms in total. The molecule has 0 radical (unpaired) electrons. The highest BCUT2D eigenvalue weighted by Gasteiger charge is 2.08. The number of anilines is 1. The van der Waals surface area contributed by atoms with Gasteiger partial charge < -0.3 is 20.7 Å². The van der Waals surface area contributed by atoms with E-state index in [2.05, 4.69) is 25.9 Å². The third kappa shape index (κ3) is 6.66. The Morgan fingerprint density at radius 2 is 2.00 bits per heavy atom. The SMILES string of the molecule is CCNc1cnc(C(=O)NCCC(=O)NCCOC)cn1. The smallest absolute Gasteiger partial charge is 0.271 e. The Balaban J connectivity index is 2.28. The fourth-order valence-electron chi connectivity index (χ4n) is 1.48. The Labute approximate surface area is 123 Å². The van der Waals surface area contributed by atoms with Crippen LogP contribution < -0.4 is 16.0 Å². The molecule has 116 valence electrons. The Morgan fingerprint density at radius 3 is 2.62 bits per heavy atom. The fraction of sp³-hybridized carbons (Fsp3) is 0.538. The van der Waals surface area contributed by atoms with Crippen molar-refractivity contribution in [3.63, 3.8) is 0 Å². The molecule has 0 unspecified atom stereocenters. The first kappa shape index (κ1) is 16.8. The van der Waals surface area contributed by atoms with E-state index < -0.39 is 0 Å². The van der Waals surface area contributed by atoms with Gasteiger partial charge in [-0.15, -0.1) is 0 Å². The maximum Gasteiger partial charge on any atom is 0.271 e. The van der Waals surface area contributed by atoms with E-state index in [9.17, 15) is 9.59 Å². The number of hydrogen-bond donors (Lipinski definition) is 3. The molecule has 1 aromatic rings. The molecule has 0 fully saturated rings. The molecular weight excluding hydrogens is 274 g/mol. The minimum atomic E-state index is -0.352. The summed E-state index contributed by atoms with van der Waals surface area (Å²) in [6, 6.07) is 0. The summed E-state index contributed by atoms with van der Waals surface area (Å²) in [7, 11) is 1.56. The topological polar surface area (TPSA) is 105 Å². The van der Waals surface area contributed by atoms with Crippen molar-refractivity contribution in [2.45, 2.75) is 13.3 Å². The molecule has 0 atom stereocenters. The molecule has 8 heteroatoms. The Bertz CT molecular complexity index is 450. The molecule has 3 N–H and O–H groups in total. The molecule has 21 heavy (non-hydrogen) atoms. The summed E-state index contributed by atoms with van der Waals surface area (Å²) < 4.78 is 4.81. The predicted molar refractivity (Wildman–Crippen MR) is 78.0 cm³/mol. The zero-order valence-electron chi connectivity index (χ0n) is 12.3. The number of rotatable bonds is 9. The zero-order valence-corrected chi connectivity index (χ0v) is 12.3. The summed E-state index contributed by atoms with van der Waals surface area (Å²) in [6.07, 6.45) is 3.10. The largest absolute Gasteiger partial charge is 0.383 e. The van der Waals surface area contributed by atoms with Crippen LogP contribution >= 0.6 is 0 Å². The molecular formula is C13H21N5O3. The van der Waals surface area contributed by atoms with Crippen LogP contribution in [-0.2, 0) is 9.53 Å². The third-order valence-corrected chi connectivity index (χ3v) is 2.51. The van der Waals surface area contributed by atoms with E-state index in [1.165, 1.54) is 12.4 Å². The molecule has 0 spiro atoms. The predicted octanol–water partition coefficient (Wildman–Crippen LogP) is -0.209. The molecule has 0 aliphatic heterocycles. The molecule has 0 aliphatic carbocycles. The Kier molecular flexibility index (Phi) is 7.73. The highest BCUT2D eigenvalue weighted by molar-refractivity contribution is 5.92. The van der Waals surface area contributed by atoms with E-state index >= 15 is 0 Å². The van der Waals surface area contributed by atoms with Gasteiger partial charge in [0.05, 0.1) is 19.0 Å². The van der Waals surface area contributed by atoms with Gasteiger partial charge in [-0.3, -0.25) is 9.59 Å². The summed E-state index contributed by atoms with van der Waals surface area (Å²) in [6.45, 7) is 3.85. The molecule has 0 aromatic carbocycles. The number of hydrogen-bond acceptors (Lipinski definition) is 6. The second-order valence-electron chi connectivity index (χ2n) is 4.17. The van der Waals surface area contributed by atoms with Crippen LogP contribution in [0, 0.1) is 0 Å². The van der Waals surface area contributed by atoms with E-state index in [0.29, 0.717) is 19.0 Å². The van der Waals surface area contributed by atoms with E-state index in [1.54, 1.807) is 7.11 Å². The maximum absolute atomic E-state index is 11.8. The van der Waals surface area contributed by atoms with Gasteiger partial charge in [0.1, 0.15) is 11.5 Å². The minimum absolute atomic E-state index is 0.138. The minimum Gasteiger partial charge on any atom is -0.383 e. The van der Waals surface area contributed by atoms with Crippen molar-refractivity contribution in [3.05, 3.63) is 18.1 Å². The summed E-state index contributed by atoms with van der Waals surface area (Å²) in [4.78, 5) is 31.2. The van der Waals surface area contributed by atoms with E-state index in [0.717, 1.165) is 6.54 Å². The van der Waals surface area contributed by atoms with Crippen molar-refractivity contribution in [2.24, 2.45) is 0 Å². The van der Waals surface area contributed by atoms with Crippen molar-refractivity contribution >= 4 is 17.6 Å². The third-order valence-electron chi connectivity index (χ3n) is 2.51. The molecule has 0 saturated carbocycles. The molecule has 1 rings (SSSR count). The lowest BCUT2D eigenvalue weighted by molar-refractivity contribution is -0.121. The molecule has 1 aromatic heterocycles. The number of amides is 2. The fourth-order valence-corrected chi connectivity index (χ4v) is 1.48. The van der Waals surface area contributed by atoms with Crippen molar-refractivity contribution in [2.75, 3.05) is 38.7 Å². The molecule has 0 aliphatic rings. The van der Waals surface area contributed by atoms with Crippen molar-refractivity contribution in [1.29, 1.82) is 0 Å². The van der Waals surface area contributed by atoms with Crippen LogP contribution in [0.25, 0.3) is 0 Å². The first-order valence-corrected chi connectivity index (χ1v) is 6.77. The van der Waals surface area contributed by atoms with Crippen LogP contribution in [0.5, 0.6) is 0 Å². The average molecular weight is 295 g/mol. The monoisotopic (exact) mass is 295 g/mol. The normalized spacial score (nSPS) is 10.0. The standard InChI is InChI=1S/C13H21N5O3/c1-3-14-11-9-17-10(8-18-11)13(20)16-5-4-12(19)15-6-7-21-2/h8-9H,3-7H2,1-2H3,(H,14,18)(H,15,19)(H,16,20). The summed E-state index contributed by atoms with van der Waals surface area (Å²) in [5.74, 6) is 0.128. The summed E-state index contributed by atoms with van der Waals surface area (Å²) >= 11 is 0. The van der Waals surface area contributed by atoms with E-state index in [1.807, 2.05) is 6.92 Å². The second-order valence-corrected chi connectivity index (χ2v) is 4.17. The van der Waals surface area contributed by atoms with Gasteiger partial charge in [0.2, 0.25) is 5.91 Å². The number of nitrogens with zero attached hydrogens (tertiary/aromatic N) is 2. The first-order valence-electron chi connectivity index (χ1n) is 6.77. The van der Waals surface area contributed by atoms with Gasteiger partial charge in [0.25, 0.3) is 5.91 Å². The highest BCUT2D eigenvalue weighted by atomic mass is 16.5. The lowest BCUT2D eigenvalue weighted by Crippen LogP contribution is -2.32. The van der Waals surface area contributed by atoms with Crippen LogP contribution in [-0.4, -0.2) is 55.1 Å². The van der Waals surface area contributed by atoms with Crippen LogP contribution in [0.15, 0.2) is 12.4 Å². The lowest BCUT2D eigenvalue weighted by atomic mass is 10.3. The van der Waals surface area contributed by atoms with Crippen molar-refractivity contribution < 1.29 is 14.3 Å². The van der Waals surface area contributed by atoms with Gasteiger partial charge in [-0.05, 0) is 6.92 Å². The number of nitrogens with one attached hydrogen (secondary N) is 3. The molecule has 0 bridgehead atoms. The number of carbonyl (C=O) groups excluding carboxylic acids is 2. The highest BCUT2D eigenvalue weighted by Crippen LogP contribution is 2.00. The Morgan fingerprint density at radius 1 is 1.19 bits per heavy atom. The quantitative estimate of drug-likeness (QED) is 0.544. The zero-order chi connectivity index (χ0) is 15.5.